The van der Waals surface area contributed by atoms with Gasteiger partial charge in [0.1, 0.15) is 17.8 Å². The Morgan fingerprint density at radius 1 is 1.32 bits per heavy atom. The Balaban J connectivity index is 1.55. The first kappa shape index (κ1) is 16.0. The molecule has 4 rings (SSSR count). The van der Waals surface area contributed by atoms with Crippen LogP contribution in [0.5, 0.6) is 5.75 Å². The number of rotatable bonds is 5. The van der Waals surface area contributed by atoms with Crippen molar-refractivity contribution in [3.05, 3.63) is 59.9 Å². The molecule has 3 heterocycles. The number of furan rings is 1. The Bertz CT molecular complexity index is 839. The van der Waals surface area contributed by atoms with Gasteiger partial charge in [-0.25, -0.2) is 4.98 Å². The number of aromatic nitrogens is 1. The molecule has 1 saturated heterocycles. The summed E-state index contributed by atoms with van der Waals surface area (Å²) in [6.07, 6.45) is 5.63. The van der Waals surface area contributed by atoms with Crippen LogP contribution in [0.25, 0.3) is 11.5 Å². The lowest BCUT2D eigenvalue weighted by atomic mass is 10.0. The Morgan fingerprint density at radius 2 is 2.24 bits per heavy atom. The SMILES string of the molecule is COc1cccc(C2CCCN2Cc2nc(-c3ccoc3)oc2C)c1. The van der Waals surface area contributed by atoms with Crippen LogP contribution >= 0.6 is 0 Å². The van der Waals surface area contributed by atoms with Gasteiger partial charge in [0.15, 0.2) is 0 Å². The molecule has 1 aromatic carbocycles. The molecule has 0 amide bonds. The van der Waals surface area contributed by atoms with Crippen molar-refractivity contribution >= 4 is 0 Å². The van der Waals surface area contributed by atoms with Gasteiger partial charge in [-0.2, -0.15) is 0 Å². The average molecular weight is 338 g/mol. The minimum absolute atomic E-state index is 0.392. The summed E-state index contributed by atoms with van der Waals surface area (Å²) in [6.45, 7) is 3.83. The molecule has 0 radical (unpaired) electrons. The van der Waals surface area contributed by atoms with Gasteiger partial charge in [-0.15, -0.1) is 0 Å². The van der Waals surface area contributed by atoms with Gasteiger partial charge in [-0.05, 0) is 50.1 Å². The number of oxazole rings is 1. The first-order chi connectivity index (χ1) is 12.2. The highest BCUT2D eigenvalue weighted by Crippen LogP contribution is 2.35. The van der Waals surface area contributed by atoms with Crippen molar-refractivity contribution in [2.45, 2.75) is 32.4 Å². The van der Waals surface area contributed by atoms with Gasteiger partial charge in [0.05, 0.1) is 24.6 Å². The molecule has 1 aliphatic rings. The van der Waals surface area contributed by atoms with Crippen LogP contribution in [0.15, 0.2) is 51.7 Å². The Hall–Kier alpha value is -2.53. The standard InChI is InChI=1S/C20H22N2O3/c1-14-18(21-20(25-14)16-8-10-24-13-16)12-22-9-4-7-19(22)15-5-3-6-17(11-15)23-2/h3,5-6,8,10-11,13,19H,4,7,9,12H2,1-2H3. The number of aryl methyl sites for hydroxylation is 1. The molecular weight excluding hydrogens is 316 g/mol. The maximum atomic E-state index is 5.83. The van der Waals surface area contributed by atoms with E-state index in [0.717, 1.165) is 42.3 Å². The number of hydrogen-bond donors (Lipinski definition) is 0. The molecule has 0 bridgehead atoms. The summed E-state index contributed by atoms with van der Waals surface area (Å²) < 4.78 is 16.3. The second kappa shape index (κ2) is 6.76. The zero-order valence-corrected chi connectivity index (χ0v) is 14.6. The molecular formula is C20H22N2O3. The summed E-state index contributed by atoms with van der Waals surface area (Å²) in [4.78, 5) is 7.16. The van der Waals surface area contributed by atoms with E-state index in [1.54, 1.807) is 19.6 Å². The van der Waals surface area contributed by atoms with Crippen LogP contribution in [0.2, 0.25) is 0 Å². The molecule has 3 aromatic rings. The number of benzene rings is 1. The van der Waals surface area contributed by atoms with Crippen molar-refractivity contribution in [2.24, 2.45) is 0 Å². The molecule has 0 spiro atoms. The first-order valence-corrected chi connectivity index (χ1v) is 8.61. The summed E-state index contributed by atoms with van der Waals surface area (Å²) in [7, 11) is 1.71. The monoisotopic (exact) mass is 338 g/mol. The van der Waals surface area contributed by atoms with Crippen LogP contribution in [0.4, 0.5) is 0 Å². The average Bonchev–Trinajstić information content (AvgIpc) is 3.37. The summed E-state index contributed by atoms with van der Waals surface area (Å²) in [6, 6.07) is 10.6. The van der Waals surface area contributed by atoms with Crippen molar-refractivity contribution in [1.29, 1.82) is 0 Å². The topological polar surface area (TPSA) is 51.6 Å². The van der Waals surface area contributed by atoms with Crippen molar-refractivity contribution in [2.75, 3.05) is 13.7 Å². The maximum Gasteiger partial charge on any atom is 0.229 e. The van der Waals surface area contributed by atoms with Gasteiger partial charge in [0, 0.05) is 12.6 Å². The molecule has 1 fully saturated rings. The fourth-order valence-electron chi connectivity index (χ4n) is 3.52. The predicted octanol–water partition coefficient (Wildman–Crippen LogP) is 4.59. The molecule has 1 unspecified atom stereocenters. The molecule has 25 heavy (non-hydrogen) atoms. The van der Waals surface area contributed by atoms with Crippen molar-refractivity contribution in [3.63, 3.8) is 0 Å². The second-order valence-corrected chi connectivity index (χ2v) is 6.44. The lowest BCUT2D eigenvalue weighted by Gasteiger charge is -2.24. The highest BCUT2D eigenvalue weighted by molar-refractivity contribution is 5.51. The van der Waals surface area contributed by atoms with Crippen LogP contribution in [0.1, 0.15) is 35.9 Å². The van der Waals surface area contributed by atoms with E-state index in [0.29, 0.717) is 11.9 Å². The molecule has 130 valence electrons. The fraction of sp³-hybridized carbons (Fsp3) is 0.350. The van der Waals surface area contributed by atoms with E-state index in [1.165, 1.54) is 12.0 Å². The van der Waals surface area contributed by atoms with Gasteiger partial charge in [-0.1, -0.05) is 12.1 Å². The van der Waals surface area contributed by atoms with E-state index in [4.69, 9.17) is 13.6 Å². The Labute approximate surface area is 147 Å². The van der Waals surface area contributed by atoms with E-state index in [1.807, 2.05) is 19.1 Å². The van der Waals surface area contributed by atoms with Crippen LogP contribution < -0.4 is 4.74 Å². The van der Waals surface area contributed by atoms with Crippen LogP contribution in [0.3, 0.4) is 0 Å². The van der Waals surface area contributed by atoms with Gasteiger partial charge < -0.3 is 13.6 Å². The van der Waals surface area contributed by atoms with Crippen molar-refractivity contribution in [1.82, 2.24) is 9.88 Å². The lowest BCUT2D eigenvalue weighted by Crippen LogP contribution is -2.23. The summed E-state index contributed by atoms with van der Waals surface area (Å²) in [5.41, 5.74) is 3.17. The van der Waals surface area contributed by atoms with Gasteiger partial charge in [-0.3, -0.25) is 4.90 Å². The van der Waals surface area contributed by atoms with E-state index >= 15 is 0 Å². The largest absolute Gasteiger partial charge is 0.497 e. The molecule has 0 saturated carbocycles. The smallest absolute Gasteiger partial charge is 0.229 e. The second-order valence-electron chi connectivity index (χ2n) is 6.44. The Morgan fingerprint density at radius 3 is 3.04 bits per heavy atom. The third-order valence-corrected chi connectivity index (χ3v) is 4.86. The summed E-state index contributed by atoms with van der Waals surface area (Å²) >= 11 is 0. The quantitative estimate of drug-likeness (QED) is 0.681. The van der Waals surface area contributed by atoms with Crippen LogP contribution in [-0.2, 0) is 6.54 Å². The van der Waals surface area contributed by atoms with E-state index in [9.17, 15) is 0 Å². The minimum atomic E-state index is 0.392. The zero-order valence-electron chi connectivity index (χ0n) is 14.6. The van der Waals surface area contributed by atoms with E-state index < -0.39 is 0 Å². The van der Waals surface area contributed by atoms with Gasteiger partial charge in [0.2, 0.25) is 5.89 Å². The fourth-order valence-corrected chi connectivity index (χ4v) is 3.52. The molecule has 0 N–H and O–H groups in total. The molecule has 0 aliphatic carbocycles. The maximum absolute atomic E-state index is 5.83. The van der Waals surface area contributed by atoms with E-state index in [2.05, 4.69) is 28.1 Å². The number of likely N-dealkylation sites (tertiary alicyclic amines) is 1. The highest BCUT2D eigenvalue weighted by Gasteiger charge is 2.28. The molecule has 1 aliphatic heterocycles. The molecule has 1 atom stereocenters. The number of methoxy groups -OCH3 is 1. The minimum Gasteiger partial charge on any atom is -0.497 e. The third-order valence-electron chi connectivity index (χ3n) is 4.86. The number of ether oxygens (including phenoxy) is 1. The molecule has 2 aromatic heterocycles. The Kier molecular flexibility index (Phi) is 4.32. The van der Waals surface area contributed by atoms with Crippen LogP contribution in [0, 0.1) is 6.92 Å². The first-order valence-electron chi connectivity index (χ1n) is 8.61. The molecule has 5 heteroatoms. The van der Waals surface area contributed by atoms with Gasteiger partial charge in [0.25, 0.3) is 0 Å². The summed E-state index contributed by atoms with van der Waals surface area (Å²) in [5.74, 6) is 2.40. The van der Waals surface area contributed by atoms with Crippen molar-refractivity contribution in [3.8, 4) is 17.2 Å². The number of nitrogens with zero attached hydrogens (tertiary/aromatic N) is 2. The summed E-state index contributed by atoms with van der Waals surface area (Å²) in [5, 5.41) is 0. The van der Waals surface area contributed by atoms with Crippen molar-refractivity contribution < 1.29 is 13.6 Å². The normalized spacial score (nSPS) is 17.9. The molecule has 5 nitrogen and oxygen atoms in total. The predicted molar refractivity (Wildman–Crippen MR) is 94.3 cm³/mol. The van der Waals surface area contributed by atoms with E-state index in [-0.39, 0.29) is 0 Å². The lowest BCUT2D eigenvalue weighted by molar-refractivity contribution is 0.244. The van der Waals surface area contributed by atoms with Crippen LogP contribution in [-0.4, -0.2) is 23.5 Å². The number of hydrogen-bond acceptors (Lipinski definition) is 5. The zero-order chi connectivity index (χ0) is 17.2. The highest BCUT2D eigenvalue weighted by atomic mass is 16.5. The van der Waals surface area contributed by atoms with Gasteiger partial charge >= 0.3 is 0 Å². The third kappa shape index (κ3) is 3.20.